The van der Waals surface area contributed by atoms with Crippen LogP contribution in [-0.2, 0) is 31.4 Å². The second-order valence-corrected chi connectivity index (χ2v) is 6.05. The Labute approximate surface area is 179 Å². The van der Waals surface area contributed by atoms with Crippen molar-refractivity contribution in [3.8, 4) is 0 Å². The first-order valence-electron chi connectivity index (χ1n) is 8.50. The molecule has 1 aromatic heterocycles. The Morgan fingerprint density at radius 1 is 1.14 bits per heavy atom. The number of alkyl halides is 3. The smallest absolute Gasteiger partial charge is 0.367 e. The molecule has 0 aliphatic heterocycles. The minimum absolute atomic E-state index is 0. The molecular weight excluding hydrogens is 486 g/mol. The molecule has 0 bridgehead atoms. The van der Waals surface area contributed by atoms with E-state index in [9.17, 15) is 13.2 Å². The summed E-state index contributed by atoms with van der Waals surface area (Å²) in [5.41, 5.74) is 2.83. The number of aryl methyl sites for hydroxylation is 1. The first kappa shape index (κ1) is 24.2. The second kappa shape index (κ2) is 11.9. The van der Waals surface area contributed by atoms with E-state index in [1.54, 1.807) is 23.9 Å². The van der Waals surface area contributed by atoms with Crippen molar-refractivity contribution in [1.29, 1.82) is 0 Å². The molecule has 28 heavy (non-hydrogen) atoms. The molecule has 0 atom stereocenters. The molecule has 1 heterocycles. The number of rotatable bonds is 8. The van der Waals surface area contributed by atoms with Gasteiger partial charge in [-0.15, -0.1) is 24.0 Å². The van der Waals surface area contributed by atoms with Crippen molar-refractivity contribution in [3.05, 3.63) is 53.3 Å². The Hall–Kier alpha value is -1.82. The predicted molar refractivity (Wildman–Crippen MR) is 113 cm³/mol. The first-order chi connectivity index (χ1) is 12.9. The lowest BCUT2D eigenvalue weighted by Crippen LogP contribution is -2.37. The molecule has 2 aromatic rings. The van der Waals surface area contributed by atoms with E-state index in [-0.39, 0.29) is 30.6 Å². The zero-order valence-corrected chi connectivity index (χ0v) is 18.1. The van der Waals surface area contributed by atoms with Crippen LogP contribution in [0.2, 0.25) is 0 Å². The van der Waals surface area contributed by atoms with E-state index < -0.39 is 12.8 Å². The van der Waals surface area contributed by atoms with E-state index in [0.29, 0.717) is 18.1 Å². The normalized spacial score (nSPS) is 11.8. The molecule has 1 aromatic carbocycles. The van der Waals surface area contributed by atoms with Gasteiger partial charge in [-0.05, 0) is 23.1 Å². The summed E-state index contributed by atoms with van der Waals surface area (Å²) in [4.78, 5) is 4.17. The standard InChI is InChI=1S/C18H24F3N5O.HI/c1-22-17(23-8-7-16-10-25-26(2)11-16)24-9-14-3-5-15(6-4-14)12-27-13-18(19,20)21;/h3-6,10-11H,7-9,12-13H2,1-2H3,(H2,22,23,24);1H. The molecule has 0 radical (unpaired) electrons. The third kappa shape index (κ3) is 9.40. The highest BCUT2D eigenvalue weighted by molar-refractivity contribution is 14.0. The molecule has 10 heteroatoms. The summed E-state index contributed by atoms with van der Waals surface area (Å²) in [6.45, 7) is -0.0285. The van der Waals surface area contributed by atoms with Crippen molar-refractivity contribution in [3.63, 3.8) is 0 Å². The van der Waals surface area contributed by atoms with E-state index in [1.165, 1.54) is 0 Å². The number of guanidine groups is 1. The average Bonchev–Trinajstić information content (AvgIpc) is 3.03. The van der Waals surface area contributed by atoms with Gasteiger partial charge in [-0.25, -0.2) is 0 Å². The third-order valence-corrected chi connectivity index (χ3v) is 3.71. The third-order valence-electron chi connectivity index (χ3n) is 3.71. The Morgan fingerprint density at radius 3 is 2.39 bits per heavy atom. The van der Waals surface area contributed by atoms with Crippen LogP contribution in [0.1, 0.15) is 16.7 Å². The number of aliphatic imine (C=N–C) groups is 1. The van der Waals surface area contributed by atoms with Crippen molar-refractivity contribution in [1.82, 2.24) is 20.4 Å². The number of benzene rings is 1. The largest absolute Gasteiger partial charge is 0.411 e. The highest BCUT2D eigenvalue weighted by atomic mass is 127. The second-order valence-electron chi connectivity index (χ2n) is 6.05. The van der Waals surface area contributed by atoms with Crippen LogP contribution in [0.3, 0.4) is 0 Å². The maximum atomic E-state index is 12.1. The van der Waals surface area contributed by atoms with E-state index in [0.717, 1.165) is 24.1 Å². The maximum absolute atomic E-state index is 12.1. The van der Waals surface area contributed by atoms with Gasteiger partial charge in [-0.3, -0.25) is 9.67 Å². The van der Waals surface area contributed by atoms with E-state index >= 15 is 0 Å². The topological polar surface area (TPSA) is 63.5 Å². The van der Waals surface area contributed by atoms with Crippen molar-refractivity contribution in [2.75, 3.05) is 20.2 Å². The van der Waals surface area contributed by atoms with Gasteiger partial charge in [-0.2, -0.15) is 18.3 Å². The molecule has 0 aliphatic rings. The number of aromatic nitrogens is 2. The van der Waals surface area contributed by atoms with Crippen molar-refractivity contribution in [2.24, 2.45) is 12.0 Å². The fourth-order valence-electron chi connectivity index (χ4n) is 2.37. The summed E-state index contributed by atoms with van der Waals surface area (Å²) in [5, 5.41) is 10.6. The van der Waals surface area contributed by atoms with Crippen LogP contribution in [0.5, 0.6) is 0 Å². The van der Waals surface area contributed by atoms with Gasteiger partial charge in [-0.1, -0.05) is 24.3 Å². The number of ether oxygens (including phenoxy) is 1. The van der Waals surface area contributed by atoms with Gasteiger partial charge >= 0.3 is 6.18 Å². The van der Waals surface area contributed by atoms with E-state index in [2.05, 4.69) is 25.5 Å². The Kier molecular flexibility index (Phi) is 10.3. The summed E-state index contributed by atoms with van der Waals surface area (Å²) in [6.07, 6.45) is 0.334. The van der Waals surface area contributed by atoms with Crippen molar-refractivity contribution >= 4 is 29.9 Å². The molecule has 0 amide bonds. The van der Waals surface area contributed by atoms with Gasteiger partial charge in [0.15, 0.2) is 5.96 Å². The van der Waals surface area contributed by atoms with Gasteiger partial charge in [0, 0.05) is 33.4 Å². The van der Waals surface area contributed by atoms with Crippen LogP contribution < -0.4 is 10.6 Å². The molecular formula is C18H25F3IN5O. The number of hydrogen-bond donors (Lipinski definition) is 2. The molecule has 2 rings (SSSR count). The first-order valence-corrected chi connectivity index (χ1v) is 8.50. The Morgan fingerprint density at radius 2 is 1.82 bits per heavy atom. The van der Waals surface area contributed by atoms with Gasteiger partial charge < -0.3 is 15.4 Å². The summed E-state index contributed by atoms with van der Waals surface area (Å²) >= 11 is 0. The minimum atomic E-state index is -4.30. The Balaban J connectivity index is 0.00000392. The monoisotopic (exact) mass is 511 g/mol. The van der Waals surface area contributed by atoms with Gasteiger partial charge in [0.25, 0.3) is 0 Å². The Bertz CT molecular complexity index is 732. The van der Waals surface area contributed by atoms with Crippen LogP contribution in [0.4, 0.5) is 13.2 Å². The summed E-state index contributed by atoms with van der Waals surface area (Å²) in [7, 11) is 3.58. The van der Waals surface area contributed by atoms with Crippen LogP contribution >= 0.6 is 24.0 Å². The van der Waals surface area contributed by atoms with Gasteiger partial charge in [0.1, 0.15) is 6.61 Å². The van der Waals surface area contributed by atoms with E-state index in [4.69, 9.17) is 0 Å². The van der Waals surface area contributed by atoms with Crippen molar-refractivity contribution in [2.45, 2.75) is 25.7 Å². The highest BCUT2D eigenvalue weighted by Gasteiger charge is 2.27. The summed E-state index contributed by atoms with van der Waals surface area (Å²) < 4.78 is 42.6. The van der Waals surface area contributed by atoms with E-state index in [1.807, 2.05) is 31.6 Å². The van der Waals surface area contributed by atoms with Crippen LogP contribution in [-0.4, -0.2) is 42.1 Å². The van der Waals surface area contributed by atoms with Crippen molar-refractivity contribution < 1.29 is 17.9 Å². The fraction of sp³-hybridized carbons (Fsp3) is 0.444. The van der Waals surface area contributed by atoms with Crippen LogP contribution in [0.15, 0.2) is 41.7 Å². The number of hydrogen-bond acceptors (Lipinski definition) is 3. The molecule has 0 fully saturated rings. The maximum Gasteiger partial charge on any atom is 0.411 e. The molecule has 0 unspecified atom stereocenters. The van der Waals surface area contributed by atoms with Gasteiger partial charge in [0.05, 0.1) is 12.8 Å². The quantitative estimate of drug-likeness (QED) is 0.325. The number of nitrogens with one attached hydrogen (secondary N) is 2. The molecule has 0 saturated carbocycles. The molecule has 0 saturated heterocycles. The molecule has 0 spiro atoms. The van der Waals surface area contributed by atoms with Gasteiger partial charge in [0.2, 0.25) is 0 Å². The highest BCUT2D eigenvalue weighted by Crippen LogP contribution is 2.15. The lowest BCUT2D eigenvalue weighted by molar-refractivity contribution is -0.176. The van der Waals surface area contributed by atoms with Crippen LogP contribution in [0.25, 0.3) is 0 Å². The summed E-state index contributed by atoms with van der Waals surface area (Å²) in [5.74, 6) is 0.677. The minimum Gasteiger partial charge on any atom is -0.367 e. The molecule has 0 aliphatic carbocycles. The number of halogens is 4. The fourth-order valence-corrected chi connectivity index (χ4v) is 2.37. The molecule has 6 nitrogen and oxygen atoms in total. The lowest BCUT2D eigenvalue weighted by atomic mass is 10.1. The summed E-state index contributed by atoms with van der Waals surface area (Å²) in [6, 6.07) is 7.21. The molecule has 2 N–H and O–H groups in total. The zero-order valence-electron chi connectivity index (χ0n) is 15.8. The SMILES string of the molecule is CN=C(NCCc1cnn(C)c1)NCc1ccc(COCC(F)(F)F)cc1.I. The zero-order chi connectivity index (χ0) is 19.7. The lowest BCUT2D eigenvalue weighted by Gasteiger charge is -2.12. The predicted octanol–water partition coefficient (Wildman–Crippen LogP) is 3.02. The average molecular weight is 511 g/mol. The molecule has 156 valence electrons. The number of nitrogens with zero attached hydrogens (tertiary/aromatic N) is 3. The van der Waals surface area contributed by atoms with Crippen LogP contribution in [0, 0.1) is 0 Å².